The van der Waals surface area contributed by atoms with Crippen molar-refractivity contribution in [1.82, 2.24) is 0 Å². The van der Waals surface area contributed by atoms with Crippen LogP contribution in [0.1, 0.15) is 13.3 Å². The number of esters is 1. The zero-order valence-electron chi connectivity index (χ0n) is 12.0. The third kappa shape index (κ3) is 7.51. The van der Waals surface area contributed by atoms with Crippen LogP contribution < -0.4 is 0 Å². The van der Waals surface area contributed by atoms with Gasteiger partial charge in [0.15, 0.2) is 16.6 Å². The summed E-state index contributed by atoms with van der Waals surface area (Å²) in [4.78, 5) is 10.9. The molecule has 0 aliphatic rings. The molecule has 17 heavy (non-hydrogen) atoms. The first-order valence-corrected chi connectivity index (χ1v) is 12.5. The van der Waals surface area contributed by atoms with E-state index in [2.05, 4.69) is 46.2 Å². The Bertz CT molecular complexity index is 269. The largest absolute Gasteiger partial charge is 0.463 e. The van der Waals surface area contributed by atoms with Gasteiger partial charge in [-0.05, 0) is 44.7 Å². The quantitative estimate of drug-likeness (QED) is 0.404. The van der Waals surface area contributed by atoms with E-state index in [1.165, 1.54) is 6.08 Å². The molecule has 0 amide bonds. The Morgan fingerprint density at radius 2 is 1.82 bits per heavy atom. The molecule has 5 heteroatoms. The van der Waals surface area contributed by atoms with Crippen molar-refractivity contribution >= 4 is 22.6 Å². The summed E-state index contributed by atoms with van der Waals surface area (Å²) in [5.74, 6) is -0.345. The Morgan fingerprint density at radius 3 is 2.24 bits per heavy atom. The van der Waals surface area contributed by atoms with Gasteiger partial charge in [0.25, 0.3) is 0 Å². The molecule has 0 saturated heterocycles. The molecule has 1 atom stereocenters. The summed E-state index contributed by atoms with van der Waals surface area (Å²) >= 11 is 0. The van der Waals surface area contributed by atoms with Crippen LogP contribution in [0.4, 0.5) is 0 Å². The summed E-state index contributed by atoms with van der Waals surface area (Å²) in [6.45, 7) is 17.1. The van der Waals surface area contributed by atoms with E-state index in [-0.39, 0.29) is 5.97 Å². The number of hydrogen-bond donors (Lipinski definition) is 0. The molecule has 0 heterocycles. The van der Waals surface area contributed by atoms with Crippen molar-refractivity contribution in [1.29, 1.82) is 0 Å². The topological polar surface area (TPSA) is 35.5 Å². The molecule has 100 valence electrons. The van der Waals surface area contributed by atoms with Crippen molar-refractivity contribution in [3.05, 3.63) is 12.7 Å². The first-order valence-electron chi connectivity index (χ1n) is 6.08. The molecule has 0 aromatic rings. The lowest BCUT2D eigenvalue weighted by atomic mass is 10.3. The highest BCUT2D eigenvalue weighted by atomic mass is 28.4. The molecule has 0 fully saturated rings. The lowest BCUT2D eigenvalue weighted by Crippen LogP contribution is -2.45. The van der Waals surface area contributed by atoms with E-state index in [9.17, 15) is 4.79 Å². The molecule has 0 rings (SSSR count). The summed E-state index contributed by atoms with van der Waals surface area (Å²) in [5.41, 5.74) is 0.479. The Labute approximate surface area is 107 Å². The van der Waals surface area contributed by atoms with Crippen LogP contribution in [0.5, 0.6) is 0 Å². The lowest BCUT2D eigenvalue weighted by molar-refractivity contribution is -0.137. The van der Waals surface area contributed by atoms with Gasteiger partial charge in [-0.1, -0.05) is 13.5 Å². The van der Waals surface area contributed by atoms with E-state index in [4.69, 9.17) is 8.85 Å². The molecule has 0 spiro atoms. The molecule has 1 unspecified atom stereocenters. The molecule has 0 aliphatic carbocycles. The van der Waals surface area contributed by atoms with Crippen LogP contribution >= 0.6 is 0 Å². The van der Waals surface area contributed by atoms with Crippen molar-refractivity contribution in [2.45, 2.75) is 51.6 Å². The van der Waals surface area contributed by atoms with Gasteiger partial charge in [0.2, 0.25) is 0 Å². The minimum absolute atomic E-state index is 0.345. The Hall–Kier alpha value is -0.396. The summed E-state index contributed by atoms with van der Waals surface area (Å²) in [6.07, 6.45) is 2.06. The van der Waals surface area contributed by atoms with Crippen LogP contribution in [0.25, 0.3) is 0 Å². The highest BCUT2D eigenvalue weighted by molar-refractivity contribution is 6.84. The van der Waals surface area contributed by atoms with Crippen LogP contribution in [0, 0.1) is 0 Å². The molecular formula is C12H26O3Si2. The van der Waals surface area contributed by atoms with Gasteiger partial charge in [-0.25, -0.2) is 4.79 Å². The highest BCUT2D eigenvalue weighted by Gasteiger charge is 2.34. The average Bonchev–Trinajstić information content (AvgIpc) is 2.13. The zero-order chi connectivity index (χ0) is 13.7. The fraction of sp³-hybridized carbons (Fsp3) is 0.750. The monoisotopic (exact) mass is 274 g/mol. The molecule has 0 aromatic heterocycles. The van der Waals surface area contributed by atoms with E-state index in [0.29, 0.717) is 12.1 Å². The van der Waals surface area contributed by atoms with Gasteiger partial charge in [-0.2, -0.15) is 0 Å². The molecule has 0 aliphatic heterocycles. The second-order valence-corrected chi connectivity index (χ2v) is 15.1. The van der Waals surface area contributed by atoms with Crippen LogP contribution in [0.3, 0.4) is 0 Å². The maximum Gasteiger partial charge on any atom is 0.330 e. The average molecular weight is 275 g/mol. The van der Waals surface area contributed by atoms with Crippen LogP contribution in [0.15, 0.2) is 12.7 Å². The zero-order valence-corrected chi connectivity index (χ0v) is 14.0. The van der Waals surface area contributed by atoms with E-state index < -0.39 is 16.6 Å². The van der Waals surface area contributed by atoms with Gasteiger partial charge in [0, 0.05) is 6.08 Å². The fourth-order valence-corrected chi connectivity index (χ4v) is 9.56. The van der Waals surface area contributed by atoms with Crippen molar-refractivity contribution < 1.29 is 13.6 Å². The Balaban J connectivity index is 4.15. The number of carbonyl (C=O) groups is 1. The second kappa shape index (κ2) is 6.51. The lowest BCUT2D eigenvalue weighted by Gasteiger charge is -2.36. The van der Waals surface area contributed by atoms with Crippen molar-refractivity contribution in [3.63, 3.8) is 0 Å². The van der Waals surface area contributed by atoms with Gasteiger partial charge in [0.1, 0.15) is 0 Å². The summed E-state index contributed by atoms with van der Waals surface area (Å²) in [6, 6.07) is 0. The van der Waals surface area contributed by atoms with Gasteiger partial charge in [-0.3, -0.25) is 0 Å². The maximum absolute atomic E-state index is 10.9. The first-order chi connectivity index (χ1) is 7.58. The van der Waals surface area contributed by atoms with Gasteiger partial charge in [-0.15, -0.1) is 0 Å². The van der Waals surface area contributed by atoms with Crippen molar-refractivity contribution in [3.8, 4) is 0 Å². The first kappa shape index (κ1) is 16.6. The molecular weight excluding hydrogens is 248 g/mol. The number of rotatable bonds is 7. The maximum atomic E-state index is 10.9. The number of hydrogen-bond acceptors (Lipinski definition) is 3. The van der Waals surface area contributed by atoms with Gasteiger partial charge >= 0.3 is 5.97 Å². The van der Waals surface area contributed by atoms with Crippen LogP contribution in [-0.2, 0) is 13.6 Å². The number of ether oxygens (including phenoxy) is 1. The molecule has 0 bridgehead atoms. The van der Waals surface area contributed by atoms with E-state index in [1.807, 2.05) is 0 Å². The standard InChI is InChI=1S/C12H26O3Si2/c1-8-12(13)14-10-9-11(2)17(6,7)15-16(3,4)5/h8,11H,1,9-10H2,2-7H3. The molecule has 0 radical (unpaired) electrons. The predicted octanol–water partition coefficient (Wildman–Crippen LogP) is 3.55. The Morgan fingerprint density at radius 1 is 1.29 bits per heavy atom. The fourth-order valence-electron chi connectivity index (χ4n) is 1.63. The van der Waals surface area contributed by atoms with E-state index in [0.717, 1.165) is 6.42 Å². The second-order valence-electron chi connectivity index (χ2n) is 5.88. The summed E-state index contributed by atoms with van der Waals surface area (Å²) < 4.78 is 11.3. The van der Waals surface area contributed by atoms with Gasteiger partial charge in [0.05, 0.1) is 6.61 Å². The molecule has 0 N–H and O–H groups in total. The third-order valence-electron chi connectivity index (χ3n) is 2.72. The molecule has 0 aromatic carbocycles. The highest BCUT2D eigenvalue weighted by Crippen LogP contribution is 2.28. The number of carbonyl (C=O) groups excluding carboxylic acids is 1. The van der Waals surface area contributed by atoms with Crippen molar-refractivity contribution in [2.75, 3.05) is 6.61 Å². The summed E-state index contributed by atoms with van der Waals surface area (Å²) in [7, 11) is -3.17. The summed E-state index contributed by atoms with van der Waals surface area (Å²) in [5, 5.41) is 0. The minimum atomic E-state index is -1.68. The SMILES string of the molecule is C=CC(=O)OCCC(C)[Si](C)(C)O[Si](C)(C)C. The van der Waals surface area contributed by atoms with E-state index >= 15 is 0 Å². The van der Waals surface area contributed by atoms with Gasteiger partial charge < -0.3 is 8.85 Å². The van der Waals surface area contributed by atoms with Crippen LogP contribution in [-0.4, -0.2) is 29.2 Å². The normalized spacial score (nSPS) is 14.2. The third-order valence-corrected chi connectivity index (χ3v) is 9.93. The van der Waals surface area contributed by atoms with E-state index in [1.54, 1.807) is 0 Å². The molecule has 3 nitrogen and oxygen atoms in total. The minimum Gasteiger partial charge on any atom is -0.463 e. The molecule has 0 saturated carbocycles. The predicted molar refractivity (Wildman–Crippen MR) is 77.1 cm³/mol. The van der Waals surface area contributed by atoms with Crippen molar-refractivity contribution in [2.24, 2.45) is 0 Å². The Kier molecular flexibility index (Phi) is 6.36. The smallest absolute Gasteiger partial charge is 0.330 e. The van der Waals surface area contributed by atoms with Crippen LogP contribution in [0.2, 0.25) is 38.3 Å².